The fourth-order valence-electron chi connectivity index (χ4n) is 3.81. The number of nitrogens with zero attached hydrogens (tertiary/aromatic N) is 3. The van der Waals surface area contributed by atoms with Gasteiger partial charge in [0.15, 0.2) is 5.82 Å². The molecule has 2 aromatic heterocycles. The van der Waals surface area contributed by atoms with Crippen LogP contribution in [0.5, 0.6) is 0 Å². The number of rotatable bonds is 4. The average molecular weight is 383 g/mol. The van der Waals surface area contributed by atoms with Crippen LogP contribution in [0, 0.1) is 0 Å². The molecule has 1 fully saturated rings. The zero-order valence-corrected chi connectivity index (χ0v) is 15.9. The van der Waals surface area contributed by atoms with Gasteiger partial charge in [0, 0.05) is 41.4 Å². The van der Waals surface area contributed by atoms with E-state index in [1.54, 1.807) is 6.20 Å². The van der Waals surface area contributed by atoms with Crippen molar-refractivity contribution in [2.24, 2.45) is 0 Å². The number of H-pyrrole nitrogens is 1. The normalized spacial score (nSPS) is 13.7. The fourth-order valence-corrected chi connectivity index (χ4v) is 3.81. The minimum atomic E-state index is -0.143. The molecule has 0 bridgehead atoms. The summed E-state index contributed by atoms with van der Waals surface area (Å²) >= 11 is 0. The van der Waals surface area contributed by atoms with E-state index in [0.29, 0.717) is 5.56 Å². The summed E-state index contributed by atoms with van der Waals surface area (Å²) in [4.78, 5) is 18.2. The number of para-hydroxylation sites is 1. The molecule has 1 saturated heterocycles. The van der Waals surface area contributed by atoms with Gasteiger partial charge in [-0.1, -0.05) is 30.3 Å². The van der Waals surface area contributed by atoms with Crippen LogP contribution < -0.4 is 10.2 Å². The van der Waals surface area contributed by atoms with Crippen LogP contribution in [0.4, 0.5) is 11.5 Å². The number of benzene rings is 2. The summed E-state index contributed by atoms with van der Waals surface area (Å²) < 4.78 is 0. The molecule has 0 radical (unpaired) electrons. The maximum absolute atomic E-state index is 12.8. The molecule has 2 aromatic carbocycles. The first-order chi connectivity index (χ1) is 14.3. The van der Waals surface area contributed by atoms with Gasteiger partial charge in [-0.25, -0.2) is 0 Å². The Labute approximate surface area is 168 Å². The topological polar surface area (TPSA) is 73.9 Å². The lowest BCUT2D eigenvalue weighted by atomic mass is 10.1. The molecule has 3 heterocycles. The van der Waals surface area contributed by atoms with E-state index in [1.807, 2.05) is 60.7 Å². The van der Waals surface area contributed by atoms with Crippen molar-refractivity contribution < 1.29 is 4.79 Å². The summed E-state index contributed by atoms with van der Waals surface area (Å²) in [5, 5.41) is 12.7. The summed E-state index contributed by atoms with van der Waals surface area (Å²) in [5.41, 5.74) is 4.00. The van der Waals surface area contributed by atoms with Gasteiger partial charge in [-0.05, 0) is 43.2 Å². The van der Waals surface area contributed by atoms with Gasteiger partial charge in [0.2, 0.25) is 0 Å². The number of fused-ring (bicyclic) bond motifs is 1. The highest BCUT2D eigenvalue weighted by atomic mass is 16.1. The molecule has 4 aromatic rings. The lowest BCUT2D eigenvalue weighted by molar-refractivity contribution is 0.102. The first-order valence-corrected chi connectivity index (χ1v) is 9.84. The molecule has 29 heavy (non-hydrogen) atoms. The Morgan fingerprint density at radius 3 is 2.66 bits per heavy atom. The minimum Gasteiger partial charge on any atom is -0.360 e. The number of carbonyl (C=O) groups is 1. The van der Waals surface area contributed by atoms with E-state index in [0.717, 1.165) is 46.8 Å². The van der Waals surface area contributed by atoms with Crippen molar-refractivity contribution in [2.45, 2.75) is 12.8 Å². The Morgan fingerprint density at radius 2 is 1.83 bits per heavy atom. The Balaban J connectivity index is 1.36. The molecule has 1 aliphatic rings. The Kier molecular flexibility index (Phi) is 4.44. The molecular weight excluding hydrogens is 362 g/mol. The van der Waals surface area contributed by atoms with Crippen LogP contribution in [0.15, 0.2) is 66.9 Å². The van der Waals surface area contributed by atoms with Gasteiger partial charge in [-0.3, -0.25) is 4.79 Å². The van der Waals surface area contributed by atoms with E-state index in [4.69, 9.17) is 0 Å². The molecule has 6 nitrogen and oxygen atoms in total. The van der Waals surface area contributed by atoms with Crippen LogP contribution >= 0.6 is 0 Å². The molecule has 0 atom stereocenters. The Hall–Kier alpha value is -3.67. The van der Waals surface area contributed by atoms with E-state index >= 15 is 0 Å². The highest BCUT2D eigenvalue weighted by Gasteiger charge is 2.15. The zero-order valence-electron chi connectivity index (χ0n) is 15.9. The number of hydrogen-bond donors (Lipinski definition) is 2. The van der Waals surface area contributed by atoms with E-state index in [2.05, 4.69) is 25.4 Å². The summed E-state index contributed by atoms with van der Waals surface area (Å²) in [6.45, 7) is 2.09. The Morgan fingerprint density at radius 1 is 0.966 bits per heavy atom. The summed E-state index contributed by atoms with van der Waals surface area (Å²) in [5.74, 6) is 0.783. The molecule has 6 heteroatoms. The van der Waals surface area contributed by atoms with E-state index in [-0.39, 0.29) is 5.91 Å². The first kappa shape index (κ1) is 17.4. The van der Waals surface area contributed by atoms with Gasteiger partial charge >= 0.3 is 0 Å². The highest BCUT2D eigenvalue weighted by molar-refractivity contribution is 6.12. The van der Waals surface area contributed by atoms with Crippen molar-refractivity contribution >= 4 is 28.3 Å². The van der Waals surface area contributed by atoms with Gasteiger partial charge < -0.3 is 15.2 Å². The second kappa shape index (κ2) is 7.39. The molecular formula is C23H21N5O. The standard InChI is InChI=1S/C23H21N5O/c29-23(19-15-24-21-9-2-1-8-18(19)21)25-17-7-5-6-16(14-17)20-10-11-22(27-26-20)28-12-3-4-13-28/h1-2,5-11,14-15,24H,3-4,12-13H2,(H,25,29). The first-order valence-electron chi connectivity index (χ1n) is 9.84. The van der Waals surface area contributed by atoms with Crippen molar-refractivity contribution in [3.63, 3.8) is 0 Å². The maximum Gasteiger partial charge on any atom is 0.257 e. The lowest BCUT2D eigenvalue weighted by Crippen LogP contribution is -2.19. The number of nitrogens with one attached hydrogen (secondary N) is 2. The van der Waals surface area contributed by atoms with Crippen molar-refractivity contribution in [1.29, 1.82) is 0 Å². The third-order valence-electron chi connectivity index (χ3n) is 5.33. The molecule has 0 unspecified atom stereocenters. The van der Waals surface area contributed by atoms with Crippen LogP contribution in [0.2, 0.25) is 0 Å². The van der Waals surface area contributed by atoms with Gasteiger partial charge in [0.1, 0.15) is 0 Å². The van der Waals surface area contributed by atoms with Crippen LogP contribution in [-0.4, -0.2) is 34.2 Å². The van der Waals surface area contributed by atoms with Gasteiger partial charge in [0.25, 0.3) is 5.91 Å². The highest BCUT2D eigenvalue weighted by Crippen LogP contribution is 2.24. The quantitative estimate of drug-likeness (QED) is 0.545. The molecule has 2 N–H and O–H groups in total. The average Bonchev–Trinajstić information content (AvgIpc) is 3.44. The molecule has 144 valence electrons. The number of amides is 1. The monoisotopic (exact) mass is 383 g/mol. The summed E-state index contributed by atoms with van der Waals surface area (Å²) in [7, 11) is 0. The molecule has 1 aliphatic heterocycles. The number of aromatic nitrogens is 3. The molecule has 1 amide bonds. The summed E-state index contributed by atoms with van der Waals surface area (Å²) in [6, 6.07) is 19.5. The molecule has 0 aliphatic carbocycles. The zero-order chi connectivity index (χ0) is 19.6. The van der Waals surface area contributed by atoms with Crippen LogP contribution in [0.25, 0.3) is 22.2 Å². The van der Waals surface area contributed by atoms with Crippen molar-refractivity contribution in [1.82, 2.24) is 15.2 Å². The lowest BCUT2D eigenvalue weighted by Gasteiger charge is -2.15. The second-order valence-electron chi connectivity index (χ2n) is 7.25. The number of aromatic amines is 1. The second-order valence-corrected chi connectivity index (χ2v) is 7.25. The van der Waals surface area contributed by atoms with Crippen LogP contribution in [0.1, 0.15) is 23.2 Å². The van der Waals surface area contributed by atoms with E-state index in [1.165, 1.54) is 12.8 Å². The van der Waals surface area contributed by atoms with E-state index in [9.17, 15) is 4.79 Å². The SMILES string of the molecule is O=C(Nc1cccc(-c2ccc(N3CCCC3)nn2)c1)c1c[nH]c2ccccc12. The maximum atomic E-state index is 12.8. The van der Waals surface area contributed by atoms with Gasteiger partial charge in [-0.15, -0.1) is 10.2 Å². The van der Waals surface area contributed by atoms with Crippen LogP contribution in [-0.2, 0) is 0 Å². The van der Waals surface area contributed by atoms with E-state index < -0.39 is 0 Å². The third kappa shape index (κ3) is 3.45. The van der Waals surface area contributed by atoms with Crippen molar-refractivity contribution in [3.05, 3.63) is 72.4 Å². The Bertz CT molecular complexity index is 1160. The number of carbonyl (C=O) groups excluding carboxylic acids is 1. The minimum absolute atomic E-state index is 0.143. The van der Waals surface area contributed by atoms with Gasteiger partial charge in [0.05, 0.1) is 11.3 Å². The summed E-state index contributed by atoms with van der Waals surface area (Å²) in [6.07, 6.45) is 4.16. The third-order valence-corrected chi connectivity index (χ3v) is 5.33. The molecule has 5 rings (SSSR count). The smallest absolute Gasteiger partial charge is 0.257 e. The largest absolute Gasteiger partial charge is 0.360 e. The van der Waals surface area contributed by atoms with Crippen LogP contribution in [0.3, 0.4) is 0 Å². The predicted molar refractivity (Wildman–Crippen MR) is 115 cm³/mol. The number of hydrogen-bond acceptors (Lipinski definition) is 4. The predicted octanol–water partition coefficient (Wildman–Crippen LogP) is 4.48. The van der Waals surface area contributed by atoms with Gasteiger partial charge in [-0.2, -0.15) is 0 Å². The molecule has 0 spiro atoms. The van der Waals surface area contributed by atoms with Crippen molar-refractivity contribution in [2.75, 3.05) is 23.3 Å². The van der Waals surface area contributed by atoms with Crippen molar-refractivity contribution in [3.8, 4) is 11.3 Å². The fraction of sp³-hybridized carbons (Fsp3) is 0.174. The number of anilines is 2. The molecule has 0 saturated carbocycles.